The average molecular weight is 347 g/mol. The number of halogens is 2. The summed E-state index contributed by atoms with van der Waals surface area (Å²) in [5.74, 6) is -1.42. The minimum atomic E-state index is -0.766. The molecule has 0 atom stereocenters. The van der Waals surface area contributed by atoms with Crippen LogP contribution in [0.3, 0.4) is 0 Å². The van der Waals surface area contributed by atoms with E-state index in [2.05, 4.69) is 10.6 Å². The fraction of sp³-hybridized carbons (Fsp3) is 0.278. The van der Waals surface area contributed by atoms with Crippen molar-refractivity contribution in [3.8, 4) is 0 Å². The Morgan fingerprint density at radius 1 is 1.12 bits per heavy atom. The van der Waals surface area contributed by atoms with Crippen LogP contribution in [0, 0.1) is 11.6 Å². The van der Waals surface area contributed by atoms with Crippen LogP contribution in [-0.4, -0.2) is 32.3 Å². The molecule has 1 aliphatic heterocycles. The molecule has 2 aromatic rings. The monoisotopic (exact) mass is 347 g/mol. The van der Waals surface area contributed by atoms with Crippen LogP contribution in [0.4, 0.5) is 25.0 Å². The first-order valence-electron chi connectivity index (χ1n) is 8.06. The minimum Gasteiger partial charge on any atom is -0.444 e. The Balaban J connectivity index is 1.63. The van der Waals surface area contributed by atoms with Crippen molar-refractivity contribution in [3.63, 3.8) is 0 Å². The summed E-state index contributed by atoms with van der Waals surface area (Å²) in [5.41, 5.74) is 0.778. The first kappa shape index (κ1) is 17.2. The number of anilines is 2. The SMILES string of the molecule is O=C(Nc1cc(F)c(N2CCNCC2)c(F)c1)OCc1ccccc1. The largest absolute Gasteiger partial charge is 0.444 e. The highest BCUT2D eigenvalue weighted by atomic mass is 19.1. The maximum Gasteiger partial charge on any atom is 0.411 e. The molecule has 0 aromatic heterocycles. The molecular formula is C18H19F2N3O2. The van der Waals surface area contributed by atoms with Gasteiger partial charge in [-0.2, -0.15) is 0 Å². The van der Waals surface area contributed by atoms with Crippen LogP contribution in [0.1, 0.15) is 5.56 Å². The third-order valence-electron chi connectivity index (χ3n) is 3.91. The summed E-state index contributed by atoms with van der Waals surface area (Å²) in [6, 6.07) is 11.3. The summed E-state index contributed by atoms with van der Waals surface area (Å²) in [5, 5.41) is 5.48. The summed E-state index contributed by atoms with van der Waals surface area (Å²) >= 11 is 0. The number of benzene rings is 2. The zero-order chi connectivity index (χ0) is 17.6. The molecule has 1 saturated heterocycles. The van der Waals surface area contributed by atoms with Crippen LogP contribution in [-0.2, 0) is 11.3 Å². The van der Waals surface area contributed by atoms with Gasteiger partial charge in [-0.05, 0) is 17.7 Å². The maximum absolute atomic E-state index is 14.3. The molecule has 1 aliphatic rings. The van der Waals surface area contributed by atoms with Gasteiger partial charge in [0.05, 0.1) is 0 Å². The number of nitrogens with one attached hydrogen (secondary N) is 2. The number of ether oxygens (including phenoxy) is 1. The number of rotatable bonds is 4. The fourth-order valence-corrected chi connectivity index (χ4v) is 2.71. The predicted molar refractivity (Wildman–Crippen MR) is 91.7 cm³/mol. The Morgan fingerprint density at radius 3 is 2.40 bits per heavy atom. The lowest BCUT2D eigenvalue weighted by atomic mass is 10.2. The number of amides is 1. The molecule has 1 heterocycles. The Hall–Kier alpha value is -2.67. The van der Waals surface area contributed by atoms with Gasteiger partial charge in [0.1, 0.15) is 12.3 Å². The molecule has 0 aliphatic carbocycles. The Morgan fingerprint density at radius 2 is 1.76 bits per heavy atom. The minimum absolute atomic E-state index is 0.0203. The molecule has 5 nitrogen and oxygen atoms in total. The van der Waals surface area contributed by atoms with E-state index in [1.807, 2.05) is 30.3 Å². The van der Waals surface area contributed by atoms with E-state index < -0.39 is 17.7 Å². The highest BCUT2D eigenvalue weighted by Gasteiger charge is 2.20. The van der Waals surface area contributed by atoms with E-state index in [1.54, 1.807) is 4.90 Å². The van der Waals surface area contributed by atoms with E-state index in [0.717, 1.165) is 17.7 Å². The van der Waals surface area contributed by atoms with Crippen molar-refractivity contribution in [1.82, 2.24) is 5.32 Å². The van der Waals surface area contributed by atoms with Crippen LogP contribution >= 0.6 is 0 Å². The van der Waals surface area contributed by atoms with Crippen molar-refractivity contribution in [1.29, 1.82) is 0 Å². The first-order chi connectivity index (χ1) is 12.1. The van der Waals surface area contributed by atoms with E-state index in [1.165, 1.54) is 0 Å². The zero-order valence-electron chi connectivity index (χ0n) is 13.6. The van der Waals surface area contributed by atoms with Gasteiger partial charge in [-0.25, -0.2) is 13.6 Å². The van der Waals surface area contributed by atoms with Crippen LogP contribution in [0.15, 0.2) is 42.5 Å². The molecule has 1 amide bonds. The van der Waals surface area contributed by atoms with Crippen LogP contribution in [0.25, 0.3) is 0 Å². The van der Waals surface area contributed by atoms with Crippen LogP contribution < -0.4 is 15.5 Å². The van der Waals surface area contributed by atoms with Gasteiger partial charge in [0.15, 0.2) is 11.6 Å². The zero-order valence-corrected chi connectivity index (χ0v) is 13.6. The second kappa shape index (κ2) is 7.94. The smallest absolute Gasteiger partial charge is 0.411 e. The number of carbonyl (C=O) groups is 1. The highest BCUT2D eigenvalue weighted by molar-refractivity contribution is 5.85. The van der Waals surface area contributed by atoms with E-state index in [9.17, 15) is 13.6 Å². The van der Waals surface area contributed by atoms with Crippen molar-refractivity contribution >= 4 is 17.5 Å². The molecule has 0 bridgehead atoms. The van der Waals surface area contributed by atoms with Crippen molar-refractivity contribution < 1.29 is 18.3 Å². The first-order valence-corrected chi connectivity index (χ1v) is 8.06. The van der Waals surface area contributed by atoms with E-state index in [-0.39, 0.29) is 18.0 Å². The number of hydrogen-bond donors (Lipinski definition) is 2. The van der Waals surface area contributed by atoms with Gasteiger partial charge >= 0.3 is 6.09 Å². The lowest BCUT2D eigenvalue weighted by Crippen LogP contribution is -2.44. The van der Waals surface area contributed by atoms with E-state index in [0.29, 0.717) is 26.2 Å². The highest BCUT2D eigenvalue weighted by Crippen LogP contribution is 2.27. The van der Waals surface area contributed by atoms with Crippen LogP contribution in [0.2, 0.25) is 0 Å². The summed E-state index contributed by atoms with van der Waals surface area (Å²) in [6.07, 6.45) is -0.766. The van der Waals surface area contributed by atoms with Crippen molar-refractivity contribution in [3.05, 3.63) is 59.7 Å². The molecule has 1 fully saturated rings. The average Bonchev–Trinajstić information content (AvgIpc) is 2.61. The number of carbonyl (C=O) groups excluding carboxylic acids is 1. The van der Waals surface area contributed by atoms with Crippen molar-refractivity contribution in [2.45, 2.75) is 6.61 Å². The molecule has 0 radical (unpaired) electrons. The van der Waals surface area contributed by atoms with Gasteiger partial charge in [-0.1, -0.05) is 30.3 Å². The molecule has 2 aromatic carbocycles. The third-order valence-corrected chi connectivity index (χ3v) is 3.91. The lowest BCUT2D eigenvalue weighted by Gasteiger charge is -2.30. The van der Waals surface area contributed by atoms with Gasteiger partial charge in [-0.15, -0.1) is 0 Å². The van der Waals surface area contributed by atoms with Gasteiger partial charge in [-0.3, -0.25) is 5.32 Å². The second-order valence-corrected chi connectivity index (χ2v) is 5.71. The van der Waals surface area contributed by atoms with Gasteiger partial charge in [0.2, 0.25) is 0 Å². The predicted octanol–water partition coefficient (Wildman–Crippen LogP) is 3.12. The molecular weight excluding hydrogens is 328 g/mol. The van der Waals surface area contributed by atoms with Crippen molar-refractivity contribution in [2.75, 3.05) is 36.4 Å². The maximum atomic E-state index is 14.3. The molecule has 25 heavy (non-hydrogen) atoms. The molecule has 0 saturated carbocycles. The van der Waals surface area contributed by atoms with E-state index in [4.69, 9.17) is 4.74 Å². The van der Waals surface area contributed by atoms with Gasteiger partial charge in [0, 0.05) is 31.9 Å². The van der Waals surface area contributed by atoms with Gasteiger partial charge < -0.3 is 15.0 Å². The summed E-state index contributed by atoms with van der Waals surface area (Å²) in [7, 11) is 0. The summed E-state index contributed by atoms with van der Waals surface area (Å²) in [4.78, 5) is 13.4. The Kier molecular flexibility index (Phi) is 5.45. The molecule has 132 valence electrons. The Bertz CT molecular complexity index is 711. The number of nitrogens with zero attached hydrogens (tertiary/aromatic N) is 1. The van der Waals surface area contributed by atoms with E-state index >= 15 is 0 Å². The molecule has 7 heteroatoms. The number of piperazine rings is 1. The summed E-state index contributed by atoms with van der Waals surface area (Å²) < 4.78 is 33.6. The molecule has 2 N–H and O–H groups in total. The second-order valence-electron chi connectivity index (χ2n) is 5.71. The quantitative estimate of drug-likeness (QED) is 0.892. The Labute approximate surface area is 144 Å². The standard InChI is InChI=1S/C18H19F2N3O2/c19-15-10-14(11-16(20)17(15)23-8-6-21-7-9-23)22-18(24)25-12-13-4-2-1-3-5-13/h1-5,10-11,21H,6-9,12H2,(H,22,24). The number of hydrogen-bond acceptors (Lipinski definition) is 4. The topological polar surface area (TPSA) is 53.6 Å². The normalized spacial score (nSPS) is 14.2. The van der Waals surface area contributed by atoms with Crippen LogP contribution in [0.5, 0.6) is 0 Å². The molecule has 0 unspecified atom stereocenters. The fourth-order valence-electron chi connectivity index (χ4n) is 2.71. The molecule has 3 rings (SSSR count). The van der Waals surface area contributed by atoms with Gasteiger partial charge in [0.25, 0.3) is 0 Å². The van der Waals surface area contributed by atoms with Crippen molar-refractivity contribution in [2.24, 2.45) is 0 Å². The summed E-state index contributed by atoms with van der Waals surface area (Å²) in [6.45, 7) is 2.48. The third kappa shape index (κ3) is 4.45. The lowest BCUT2D eigenvalue weighted by molar-refractivity contribution is 0.155. The molecule has 0 spiro atoms.